The smallest absolute Gasteiger partial charge is 0.316 e. The number of amides is 2. The van der Waals surface area contributed by atoms with Crippen molar-refractivity contribution < 1.29 is 4.79 Å². The highest BCUT2D eigenvalue weighted by Gasteiger charge is 2.04. The molecule has 2 aromatic rings. The Morgan fingerprint density at radius 2 is 1.70 bits per heavy atom. The van der Waals surface area contributed by atoms with Crippen molar-refractivity contribution in [2.75, 3.05) is 17.7 Å². The number of para-hydroxylation sites is 1. The van der Waals surface area contributed by atoms with Crippen molar-refractivity contribution >= 4 is 17.4 Å². The van der Waals surface area contributed by atoms with Gasteiger partial charge in [0.1, 0.15) is 0 Å². The maximum Gasteiger partial charge on any atom is 0.323 e. The normalized spacial score (nSPS) is 10.1. The number of urea groups is 1. The predicted molar refractivity (Wildman–Crippen MR) is 83.0 cm³/mol. The number of hydrogen-bond donors (Lipinski definition) is 3. The molecule has 0 saturated heterocycles. The van der Waals surface area contributed by atoms with Gasteiger partial charge >= 0.3 is 6.03 Å². The van der Waals surface area contributed by atoms with E-state index in [0.717, 1.165) is 23.5 Å². The van der Waals surface area contributed by atoms with Gasteiger partial charge in [-0.1, -0.05) is 30.3 Å². The quantitative estimate of drug-likeness (QED) is 0.797. The zero-order valence-corrected chi connectivity index (χ0v) is 11.7. The molecule has 0 aliphatic rings. The van der Waals surface area contributed by atoms with E-state index in [4.69, 9.17) is 0 Å². The van der Waals surface area contributed by atoms with Crippen molar-refractivity contribution in [3.05, 3.63) is 59.7 Å². The lowest BCUT2D eigenvalue weighted by molar-refractivity contribution is 0.262. The summed E-state index contributed by atoms with van der Waals surface area (Å²) in [5, 5.41) is 8.74. The molecule has 20 heavy (non-hydrogen) atoms. The van der Waals surface area contributed by atoms with Gasteiger partial charge in [0.25, 0.3) is 0 Å². The third kappa shape index (κ3) is 3.83. The number of nitrogens with one attached hydrogen (secondary N) is 3. The molecule has 0 fully saturated rings. The highest BCUT2D eigenvalue weighted by atomic mass is 16.2. The van der Waals surface area contributed by atoms with E-state index in [9.17, 15) is 4.79 Å². The van der Waals surface area contributed by atoms with Crippen LogP contribution in [0.1, 0.15) is 11.1 Å². The molecule has 4 nitrogen and oxygen atoms in total. The molecule has 0 aliphatic carbocycles. The molecule has 0 aliphatic heterocycles. The monoisotopic (exact) mass is 269 g/mol. The molecule has 0 bridgehead atoms. The molecular formula is C16H19N3O. The van der Waals surface area contributed by atoms with Crippen LogP contribution in [-0.2, 0) is 6.54 Å². The first-order chi connectivity index (χ1) is 9.69. The van der Waals surface area contributed by atoms with E-state index in [-0.39, 0.29) is 6.03 Å². The second-order valence-electron chi connectivity index (χ2n) is 4.62. The Labute approximate surface area is 119 Å². The van der Waals surface area contributed by atoms with Crippen LogP contribution in [0, 0.1) is 6.92 Å². The van der Waals surface area contributed by atoms with Crippen LogP contribution in [-0.4, -0.2) is 13.1 Å². The van der Waals surface area contributed by atoms with Crippen LogP contribution in [0.15, 0.2) is 48.5 Å². The van der Waals surface area contributed by atoms with Crippen LogP contribution in [0.25, 0.3) is 0 Å². The molecule has 0 radical (unpaired) electrons. The van der Waals surface area contributed by atoms with Crippen molar-refractivity contribution in [1.82, 2.24) is 5.32 Å². The first kappa shape index (κ1) is 14.1. The summed E-state index contributed by atoms with van der Waals surface area (Å²) in [6.45, 7) is 2.78. The Morgan fingerprint density at radius 1 is 1.00 bits per heavy atom. The highest BCUT2D eigenvalue weighted by Crippen LogP contribution is 2.14. The molecule has 0 atom stereocenters. The lowest BCUT2D eigenvalue weighted by Gasteiger charge is -2.10. The summed E-state index contributed by atoms with van der Waals surface area (Å²) in [4.78, 5) is 11.9. The molecule has 2 amide bonds. The predicted octanol–water partition coefficient (Wildman–Crippen LogP) is 3.36. The van der Waals surface area contributed by atoms with E-state index in [1.807, 2.05) is 62.5 Å². The fourth-order valence-electron chi connectivity index (χ4n) is 1.91. The van der Waals surface area contributed by atoms with Crippen LogP contribution in [0.5, 0.6) is 0 Å². The standard InChI is InChI=1S/C16H19N3O/c1-12-5-3-4-6-15(12)19-16(20)18-14-9-7-13(8-10-14)11-17-2/h3-10,17H,11H2,1-2H3,(H2,18,19,20). The van der Waals surface area contributed by atoms with Gasteiger partial charge in [0.15, 0.2) is 0 Å². The Balaban J connectivity index is 1.96. The fourth-order valence-corrected chi connectivity index (χ4v) is 1.91. The number of carbonyl (C=O) groups is 1. The van der Waals surface area contributed by atoms with Crippen LogP contribution in [0.3, 0.4) is 0 Å². The second-order valence-corrected chi connectivity index (χ2v) is 4.62. The Morgan fingerprint density at radius 3 is 2.35 bits per heavy atom. The molecule has 3 N–H and O–H groups in total. The van der Waals surface area contributed by atoms with Gasteiger partial charge < -0.3 is 16.0 Å². The Hall–Kier alpha value is -2.33. The van der Waals surface area contributed by atoms with E-state index < -0.39 is 0 Å². The molecule has 0 spiro atoms. The summed E-state index contributed by atoms with van der Waals surface area (Å²) in [6.07, 6.45) is 0. The number of hydrogen-bond acceptors (Lipinski definition) is 2. The van der Waals surface area contributed by atoms with Crippen molar-refractivity contribution in [1.29, 1.82) is 0 Å². The summed E-state index contributed by atoms with van der Waals surface area (Å²) in [7, 11) is 1.90. The third-order valence-corrected chi connectivity index (χ3v) is 2.99. The number of aryl methyl sites for hydroxylation is 1. The molecule has 104 valence electrons. The third-order valence-electron chi connectivity index (χ3n) is 2.99. The van der Waals surface area contributed by atoms with E-state index in [0.29, 0.717) is 0 Å². The van der Waals surface area contributed by atoms with Gasteiger partial charge in [0, 0.05) is 17.9 Å². The minimum atomic E-state index is -0.235. The van der Waals surface area contributed by atoms with Gasteiger partial charge in [-0.2, -0.15) is 0 Å². The zero-order chi connectivity index (χ0) is 14.4. The first-order valence-corrected chi connectivity index (χ1v) is 6.56. The van der Waals surface area contributed by atoms with Crippen molar-refractivity contribution in [3.63, 3.8) is 0 Å². The van der Waals surface area contributed by atoms with Crippen molar-refractivity contribution in [3.8, 4) is 0 Å². The highest BCUT2D eigenvalue weighted by molar-refractivity contribution is 6.00. The van der Waals surface area contributed by atoms with E-state index in [1.54, 1.807) is 0 Å². The van der Waals surface area contributed by atoms with Gasteiger partial charge in [0.05, 0.1) is 0 Å². The summed E-state index contributed by atoms with van der Waals surface area (Å²) < 4.78 is 0. The van der Waals surface area contributed by atoms with Crippen LogP contribution in [0.2, 0.25) is 0 Å². The Bertz CT molecular complexity index is 579. The summed E-state index contributed by atoms with van der Waals surface area (Å²) in [5.41, 5.74) is 3.80. The van der Waals surface area contributed by atoms with Crippen molar-refractivity contribution in [2.45, 2.75) is 13.5 Å². The lowest BCUT2D eigenvalue weighted by Crippen LogP contribution is -2.19. The zero-order valence-electron chi connectivity index (χ0n) is 11.7. The summed E-state index contributed by atoms with van der Waals surface area (Å²) in [5.74, 6) is 0. The van der Waals surface area contributed by atoms with Crippen molar-refractivity contribution in [2.24, 2.45) is 0 Å². The molecular weight excluding hydrogens is 250 g/mol. The average Bonchev–Trinajstić information content (AvgIpc) is 2.44. The summed E-state index contributed by atoms with van der Waals surface area (Å²) in [6, 6.07) is 15.2. The minimum Gasteiger partial charge on any atom is -0.316 e. The van der Waals surface area contributed by atoms with Crippen LogP contribution < -0.4 is 16.0 Å². The lowest BCUT2D eigenvalue weighted by atomic mass is 10.2. The van der Waals surface area contributed by atoms with E-state index in [2.05, 4.69) is 16.0 Å². The average molecular weight is 269 g/mol. The molecule has 0 unspecified atom stereocenters. The molecule has 0 saturated carbocycles. The molecule has 0 aromatic heterocycles. The van der Waals surface area contributed by atoms with Gasteiger partial charge in [-0.25, -0.2) is 4.79 Å². The SMILES string of the molecule is CNCc1ccc(NC(=O)Nc2ccccc2C)cc1. The van der Waals surface area contributed by atoms with Gasteiger partial charge in [-0.3, -0.25) is 0 Å². The maximum absolute atomic E-state index is 11.9. The van der Waals surface area contributed by atoms with Gasteiger partial charge in [0.2, 0.25) is 0 Å². The topological polar surface area (TPSA) is 53.2 Å². The first-order valence-electron chi connectivity index (χ1n) is 6.56. The number of benzene rings is 2. The Kier molecular flexibility index (Phi) is 4.74. The van der Waals surface area contributed by atoms with Crippen LogP contribution >= 0.6 is 0 Å². The van der Waals surface area contributed by atoms with Gasteiger partial charge in [-0.05, 0) is 43.3 Å². The van der Waals surface area contributed by atoms with E-state index >= 15 is 0 Å². The molecule has 2 rings (SSSR count). The van der Waals surface area contributed by atoms with Gasteiger partial charge in [-0.15, -0.1) is 0 Å². The summed E-state index contributed by atoms with van der Waals surface area (Å²) >= 11 is 0. The molecule has 0 heterocycles. The molecule has 2 aromatic carbocycles. The molecule has 4 heteroatoms. The second kappa shape index (κ2) is 6.73. The number of anilines is 2. The fraction of sp³-hybridized carbons (Fsp3) is 0.188. The largest absolute Gasteiger partial charge is 0.323 e. The number of carbonyl (C=O) groups excluding carboxylic acids is 1. The maximum atomic E-state index is 11.9. The van der Waals surface area contributed by atoms with Crippen LogP contribution in [0.4, 0.5) is 16.2 Å². The number of rotatable bonds is 4. The minimum absolute atomic E-state index is 0.235. The van der Waals surface area contributed by atoms with E-state index in [1.165, 1.54) is 5.56 Å².